The van der Waals surface area contributed by atoms with E-state index in [1.165, 1.54) is 11.3 Å². The first kappa shape index (κ1) is 24.0. The normalized spacial score (nSPS) is 22.2. The second-order valence-corrected chi connectivity index (χ2v) is 11.1. The number of imide groups is 1. The zero-order chi connectivity index (χ0) is 24.7. The molecule has 4 rings (SSSR count). The third-order valence-electron chi connectivity index (χ3n) is 7.57. The monoisotopic (exact) mass is 478 g/mol. The molecule has 0 radical (unpaired) electrons. The fraction of sp³-hybridized carbons (Fsp3) is 0.462. The highest BCUT2D eigenvalue weighted by Gasteiger charge is 2.49. The Bertz CT molecular complexity index is 1180. The molecule has 2 unspecified atom stereocenters. The molecule has 2 aliphatic rings. The summed E-state index contributed by atoms with van der Waals surface area (Å²) in [5.74, 6) is -0.448. The summed E-state index contributed by atoms with van der Waals surface area (Å²) in [5, 5.41) is 15.8. The van der Waals surface area contributed by atoms with Crippen LogP contribution in [0.15, 0.2) is 30.3 Å². The fourth-order valence-corrected chi connectivity index (χ4v) is 6.16. The van der Waals surface area contributed by atoms with Gasteiger partial charge in [-0.3, -0.25) is 14.5 Å². The number of benzene rings is 1. The molecule has 1 aliphatic carbocycles. The first-order valence-corrected chi connectivity index (χ1v) is 12.5. The van der Waals surface area contributed by atoms with Gasteiger partial charge in [-0.25, -0.2) is 4.79 Å². The van der Waals surface area contributed by atoms with E-state index in [1.54, 1.807) is 31.2 Å². The topological polar surface area (TPSA) is 102 Å². The minimum atomic E-state index is -1.22. The van der Waals surface area contributed by atoms with Crippen LogP contribution in [-0.2, 0) is 28.0 Å². The second kappa shape index (κ2) is 8.88. The molecule has 2 atom stereocenters. The van der Waals surface area contributed by atoms with Gasteiger partial charge in [-0.1, -0.05) is 57.5 Å². The summed E-state index contributed by atoms with van der Waals surface area (Å²) >= 11 is 1.44. The van der Waals surface area contributed by atoms with Crippen molar-refractivity contribution < 1.29 is 14.4 Å². The number of hydrogen-bond acceptors (Lipinski definition) is 5. The van der Waals surface area contributed by atoms with E-state index in [4.69, 9.17) is 0 Å². The average molecular weight is 479 g/mol. The maximum absolute atomic E-state index is 13.1. The summed E-state index contributed by atoms with van der Waals surface area (Å²) in [7, 11) is 0. The molecular weight excluding hydrogens is 448 g/mol. The van der Waals surface area contributed by atoms with Crippen molar-refractivity contribution in [2.24, 2.45) is 11.3 Å². The predicted molar refractivity (Wildman–Crippen MR) is 131 cm³/mol. The molecule has 8 heteroatoms. The lowest BCUT2D eigenvalue weighted by molar-refractivity contribution is -0.133. The molecule has 34 heavy (non-hydrogen) atoms. The second-order valence-electron chi connectivity index (χ2n) is 9.96. The number of anilines is 1. The van der Waals surface area contributed by atoms with Crippen molar-refractivity contribution in [1.82, 2.24) is 10.2 Å². The fourth-order valence-electron chi connectivity index (χ4n) is 4.87. The number of amides is 4. The van der Waals surface area contributed by atoms with E-state index in [0.717, 1.165) is 41.0 Å². The van der Waals surface area contributed by atoms with Crippen molar-refractivity contribution in [1.29, 1.82) is 5.26 Å². The molecule has 1 aliphatic heterocycles. The van der Waals surface area contributed by atoms with E-state index in [0.29, 0.717) is 22.0 Å². The first-order chi connectivity index (χ1) is 16.1. The molecule has 2 N–H and O–H groups in total. The Morgan fingerprint density at radius 3 is 2.68 bits per heavy atom. The smallest absolute Gasteiger partial charge is 0.319 e. The van der Waals surface area contributed by atoms with Crippen molar-refractivity contribution >= 4 is 34.2 Å². The number of thiophene rings is 1. The van der Waals surface area contributed by atoms with Crippen LogP contribution in [0.25, 0.3) is 0 Å². The molecule has 1 saturated heterocycles. The highest BCUT2D eigenvalue weighted by atomic mass is 32.1. The molecule has 1 aromatic carbocycles. The summed E-state index contributed by atoms with van der Waals surface area (Å²) in [4.78, 5) is 40.6. The molecule has 2 aromatic rings. The predicted octanol–water partition coefficient (Wildman–Crippen LogP) is 4.57. The molecule has 178 valence electrons. The Morgan fingerprint density at radius 1 is 1.32 bits per heavy atom. The third-order valence-corrected chi connectivity index (χ3v) is 8.74. The van der Waals surface area contributed by atoms with E-state index < -0.39 is 29.9 Å². The lowest BCUT2D eigenvalue weighted by Crippen LogP contribution is -2.42. The Morgan fingerprint density at radius 2 is 2.03 bits per heavy atom. The van der Waals surface area contributed by atoms with Gasteiger partial charge in [-0.05, 0) is 48.6 Å². The zero-order valence-electron chi connectivity index (χ0n) is 20.0. The quantitative estimate of drug-likeness (QED) is 0.594. The number of urea groups is 1. The lowest BCUT2D eigenvalue weighted by atomic mass is 9.69. The highest BCUT2D eigenvalue weighted by molar-refractivity contribution is 7.16. The van der Waals surface area contributed by atoms with Crippen molar-refractivity contribution in [3.63, 3.8) is 0 Å². The molecule has 1 aromatic heterocycles. The molecular formula is C26H30N4O3S. The Balaban J connectivity index is 1.50. The van der Waals surface area contributed by atoms with Gasteiger partial charge in [-0.2, -0.15) is 5.26 Å². The van der Waals surface area contributed by atoms with Gasteiger partial charge < -0.3 is 10.6 Å². The van der Waals surface area contributed by atoms with Gasteiger partial charge in [0, 0.05) is 4.88 Å². The van der Waals surface area contributed by atoms with Crippen molar-refractivity contribution in [3.05, 3.63) is 51.9 Å². The molecule has 2 heterocycles. The molecule has 7 nitrogen and oxygen atoms in total. The highest BCUT2D eigenvalue weighted by Crippen LogP contribution is 2.45. The lowest BCUT2D eigenvalue weighted by Gasteiger charge is -2.36. The van der Waals surface area contributed by atoms with Crippen molar-refractivity contribution in [2.45, 2.75) is 58.9 Å². The van der Waals surface area contributed by atoms with Crippen LogP contribution in [-0.4, -0.2) is 29.3 Å². The minimum Gasteiger partial charge on any atom is -0.319 e. The van der Waals surface area contributed by atoms with Crippen LogP contribution in [0, 0.1) is 22.7 Å². The van der Waals surface area contributed by atoms with E-state index >= 15 is 0 Å². The number of carbonyl (C=O) groups is 3. The number of nitriles is 1. The molecule has 0 spiro atoms. The van der Waals surface area contributed by atoms with E-state index in [1.807, 2.05) is 6.07 Å². The van der Waals surface area contributed by atoms with Gasteiger partial charge in [0.1, 0.15) is 23.2 Å². The maximum Gasteiger partial charge on any atom is 0.325 e. The van der Waals surface area contributed by atoms with Crippen LogP contribution in [0.1, 0.15) is 62.1 Å². The summed E-state index contributed by atoms with van der Waals surface area (Å²) in [6.45, 7) is 7.99. The number of nitrogens with zero attached hydrogens (tertiary/aromatic N) is 2. The minimum absolute atomic E-state index is 0.215. The number of hydrogen-bond donors (Lipinski definition) is 2. The van der Waals surface area contributed by atoms with Gasteiger partial charge in [0.25, 0.3) is 5.91 Å². The van der Waals surface area contributed by atoms with Gasteiger partial charge in [0.05, 0.1) is 5.56 Å². The van der Waals surface area contributed by atoms with E-state index in [2.05, 4.69) is 37.5 Å². The number of nitrogens with one attached hydrogen (secondary N) is 2. The van der Waals surface area contributed by atoms with Crippen LogP contribution in [0.3, 0.4) is 0 Å². The third kappa shape index (κ3) is 4.09. The first-order valence-electron chi connectivity index (χ1n) is 11.6. The van der Waals surface area contributed by atoms with Gasteiger partial charge in [0.15, 0.2) is 0 Å². The summed E-state index contributed by atoms with van der Waals surface area (Å²) in [6, 6.07) is 10.6. The zero-order valence-corrected chi connectivity index (χ0v) is 20.8. The summed E-state index contributed by atoms with van der Waals surface area (Å²) in [6.07, 6.45) is 3.82. The Kier molecular flexibility index (Phi) is 6.26. The SMILES string of the molecule is CCC(C)(C)C1CCc2c(sc(NC(=O)CN3C(=O)NC(C)(c4ccccc4)C3=O)c2C#N)C1. The van der Waals surface area contributed by atoms with Crippen LogP contribution in [0.5, 0.6) is 0 Å². The Hall–Kier alpha value is -3.18. The number of fused-ring (bicyclic) bond motifs is 1. The largest absolute Gasteiger partial charge is 0.325 e. The van der Waals surface area contributed by atoms with Gasteiger partial charge in [-0.15, -0.1) is 11.3 Å². The Labute approximate surface area is 204 Å². The molecule has 1 fully saturated rings. The standard InChI is InChI=1S/C26H30N4O3S/c1-5-25(2,3)17-11-12-18-19(14-27)22(34-20(18)13-17)28-21(31)15-30-23(32)26(4,29-24(30)33)16-9-7-6-8-10-16/h6-10,17H,5,11-13,15H2,1-4H3,(H,28,31)(H,29,33). The molecule has 4 amide bonds. The van der Waals surface area contributed by atoms with Gasteiger partial charge >= 0.3 is 6.03 Å². The van der Waals surface area contributed by atoms with Crippen molar-refractivity contribution in [2.75, 3.05) is 11.9 Å². The van der Waals surface area contributed by atoms with Gasteiger partial charge in [0.2, 0.25) is 5.91 Å². The number of carbonyl (C=O) groups excluding carboxylic acids is 3. The number of rotatable bonds is 6. The van der Waals surface area contributed by atoms with Crippen LogP contribution in [0.4, 0.5) is 9.80 Å². The van der Waals surface area contributed by atoms with E-state index in [9.17, 15) is 19.6 Å². The average Bonchev–Trinajstić information content (AvgIpc) is 3.28. The maximum atomic E-state index is 13.1. The molecule has 0 bridgehead atoms. The molecule has 0 saturated carbocycles. The van der Waals surface area contributed by atoms with Crippen molar-refractivity contribution in [3.8, 4) is 6.07 Å². The summed E-state index contributed by atoms with van der Waals surface area (Å²) in [5.41, 5.74) is 1.18. The van der Waals surface area contributed by atoms with Crippen LogP contribution < -0.4 is 10.6 Å². The van der Waals surface area contributed by atoms with Crippen LogP contribution >= 0.6 is 11.3 Å². The summed E-state index contributed by atoms with van der Waals surface area (Å²) < 4.78 is 0. The van der Waals surface area contributed by atoms with Crippen LogP contribution in [0.2, 0.25) is 0 Å². The van der Waals surface area contributed by atoms with E-state index in [-0.39, 0.29) is 5.41 Å².